The quantitative estimate of drug-likeness (QED) is 0.746. The first-order valence-electron chi connectivity index (χ1n) is 6.84. The van der Waals surface area contributed by atoms with Crippen LogP contribution in [0.15, 0.2) is 29.1 Å². The standard InChI is InChI=1S/C15H17N3O.ClH/c1-18-6-4-10(5-7-18)11-8-16-12-2-3-13-15(14(11)12)17-9-19-13;/h2-3,8-10,16H,4-7H2,1H3;1H. The maximum atomic E-state index is 5.42. The fraction of sp³-hybridized carbons (Fsp3) is 0.400. The summed E-state index contributed by atoms with van der Waals surface area (Å²) in [7, 11) is 2.20. The van der Waals surface area contributed by atoms with Crippen LogP contribution in [0.25, 0.3) is 22.0 Å². The number of oxazole rings is 1. The van der Waals surface area contributed by atoms with E-state index in [0.717, 1.165) is 16.6 Å². The van der Waals surface area contributed by atoms with E-state index in [1.807, 2.05) is 6.07 Å². The monoisotopic (exact) mass is 291 g/mol. The van der Waals surface area contributed by atoms with E-state index >= 15 is 0 Å². The molecule has 0 radical (unpaired) electrons. The molecule has 5 heteroatoms. The molecule has 0 unspecified atom stereocenters. The Hall–Kier alpha value is -1.52. The molecule has 1 saturated heterocycles. The minimum absolute atomic E-state index is 0. The zero-order valence-electron chi connectivity index (χ0n) is 11.4. The number of nitrogens with one attached hydrogen (secondary N) is 1. The number of aromatic amines is 1. The normalized spacial score (nSPS) is 17.6. The van der Waals surface area contributed by atoms with Crippen LogP contribution < -0.4 is 0 Å². The van der Waals surface area contributed by atoms with Gasteiger partial charge in [0, 0.05) is 17.1 Å². The first-order chi connectivity index (χ1) is 9.33. The van der Waals surface area contributed by atoms with Crippen LogP contribution in [-0.4, -0.2) is 35.0 Å². The van der Waals surface area contributed by atoms with Gasteiger partial charge in [0.25, 0.3) is 0 Å². The molecule has 4 nitrogen and oxygen atoms in total. The number of aromatic nitrogens is 2. The Morgan fingerprint density at radius 1 is 1.30 bits per heavy atom. The second-order valence-corrected chi connectivity index (χ2v) is 5.51. The largest absolute Gasteiger partial charge is 0.443 e. The molecule has 0 atom stereocenters. The van der Waals surface area contributed by atoms with Gasteiger partial charge >= 0.3 is 0 Å². The number of hydrogen-bond acceptors (Lipinski definition) is 3. The van der Waals surface area contributed by atoms with Gasteiger partial charge in [-0.3, -0.25) is 0 Å². The van der Waals surface area contributed by atoms with Crippen LogP contribution in [0.1, 0.15) is 24.3 Å². The van der Waals surface area contributed by atoms with Gasteiger partial charge in [-0.15, -0.1) is 12.4 Å². The van der Waals surface area contributed by atoms with Crippen molar-refractivity contribution < 1.29 is 4.42 Å². The molecule has 20 heavy (non-hydrogen) atoms. The van der Waals surface area contributed by atoms with Gasteiger partial charge in [0.15, 0.2) is 12.0 Å². The summed E-state index contributed by atoms with van der Waals surface area (Å²) < 4.78 is 5.42. The lowest BCUT2D eigenvalue weighted by molar-refractivity contribution is 0.256. The minimum Gasteiger partial charge on any atom is -0.443 e. The van der Waals surface area contributed by atoms with Gasteiger partial charge in [-0.2, -0.15) is 0 Å². The van der Waals surface area contributed by atoms with Crippen LogP contribution in [0.3, 0.4) is 0 Å². The zero-order valence-corrected chi connectivity index (χ0v) is 12.2. The number of likely N-dealkylation sites (tertiary alicyclic amines) is 1. The molecule has 0 saturated carbocycles. The van der Waals surface area contributed by atoms with E-state index < -0.39 is 0 Å². The third-order valence-electron chi connectivity index (χ3n) is 4.33. The van der Waals surface area contributed by atoms with Gasteiger partial charge in [0.05, 0.1) is 0 Å². The molecular weight excluding hydrogens is 274 g/mol. The van der Waals surface area contributed by atoms with E-state index in [1.165, 1.54) is 43.3 Å². The van der Waals surface area contributed by atoms with Crippen LogP contribution in [0.4, 0.5) is 0 Å². The summed E-state index contributed by atoms with van der Waals surface area (Å²) >= 11 is 0. The average molecular weight is 292 g/mol. The number of benzene rings is 1. The molecule has 0 amide bonds. The van der Waals surface area contributed by atoms with Gasteiger partial charge in [-0.25, -0.2) is 4.98 Å². The smallest absolute Gasteiger partial charge is 0.182 e. The van der Waals surface area contributed by atoms with Crippen molar-refractivity contribution in [2.24, 2.45) is 0 Å². The third-order valence-corrected chi connectivity index (χ3v) is 4.33. The predicted octanol–water partition coefficient (Wildman–Crippen LogP) is 3.54. The van der Waals surface area contributed by atoms with Crippen molar-refractivity contribution in [3.05, 3.63) is 30.3 Å². The number of rotatable bonds is 1. The Bertz CT molecular complexity index is 725. The molecule has 106 valence electrons. The van der Waals surface area contributed by atoms with Crippen molar-refractivity contribution in [2.75, 3.05) is 20.1 Å². The summed E-state index contributed by atoms with van der Waals surface area (Å²) in [6.07, 6.45) is 6.14. The van der Waals surface area contributed by atoms with Gasteiger partial charge in [-0.1, -0.05) is 0 Å². The van der Waals surface area contributed by atoms with Crippen LogP contribution in [0, 0.1) is 0 Å². The topological polar surface area (TPSA) is 45.1 Å². The van der Waals surface area contributed by atoms with E-state index in [4.69, 9.17) is 4.42 Å². The number of fused-ring (bicyclic) bond motifs is 3. The number of H-pyrrole nitrogens is 1. The van der Waals surface area contributed by atoms with E-state index in [9.17, 15) is 0 Å². The lowest BCUT2D eigenvalue weighted by Gasteiger charge is -2.28. The first kappa shape index (κ1) is 13.5. The second-order valence-electron chi connectivity index (χ2n) is 5.51. The third kappa shape index (κ3) is 2.00. The van der Waals surface area contributed by atoms with Gasteiger partial charge < -0.3 is 14.3 Å². The molecular formula is C15H18ClN3O. The van der Waals surface area contributed by atoms with Gasteiger partial charge in [-0.05, 0) is 56.6 Å². The Balaban J connectivity index is 0.00000121. The number of nitrogens with zero attached hydrogens (tertiary/aromatic N) is 2. The fourth-order valence-electron chi connectivity index (χ4n) is 3.21. The van der Waals surface area contributed by atoms with E-state index in [0.29, 0.717) is 5.92 Å². The first-order valence-corrected chi connectivity index (χ1v) is 6.84. The Morgan fingerprint density at radius 2 is 2.10 bits per heavy atom. The summed E-state index contributed by atoms with van der Waals surface area (Å²) in [4.78, 5) is 10.2. The summed E-state index contributed by atoms with van der Waals surface area (Å²) in [6.45, 7) is 2.35. The molecule has 1 N–H and O–H groups in total. The van der Waals surface area contributed by atoms with Crippen molar-refractivity contribution in [3.8, 4) is 0 Å². The Kier molecular flexibility index (Phi) is 3.44. The highest BCUT2D eigenvalue weighted by Crippen LogP contribution is 2.36. The fourth-order valence-corrected chi connectivity index (χ4v) is 3.21. The maximum absolute atomic E-state index is 5.42. The van der Waals surface area contributed by atoms with Crippen LogP contribution in [-0.2, 0) is 0 Å². The maximum Gasteiger partial charge on any atom is 0.182 e. The highest BCUT2D eigenvalue weighted by atomic mass is 35.5. The summed E-state index contributed by atoms with van der Waals surface area (Å²) in [5, 5.41) is 1.25. The van der Waals surface area contributed by atoms with Crippen LogP contribution in [0.2, 0.25) is 0 Å². The van der Waals surface area contributed by atoms with Gasteiger partial charge in [0.1, 0.15) is 5.52 Å². The molecule has 1 fully saturated rings. The highest BCUT2D eigenvalue weighted by Gasteiger charge is 2.22. The zero-order chi connectivity index (χ0) is 12.8. The van der Waals surface area contributed by atoms with E-state index in [2.05, 4.69) is 34.2 Å². The van der Waals surface area contributed by atoms with Gasteiger partial charge in [0.2, 0.25) is 0 Å². The van der Waals surface area contributed by atoms with Crippen molar-refractivity contribution >= 4 is 34.4 Å². The van der Waals surface area contributed by atoms with Crippen LogP contribution in [0.5, 0.6) is 0 Å². The number of hydrogen-bond donors (Lipinski definition) is 1. The molecule has 3 heterocycles. The summed E-state index contributed by atoms with van der Waals surface area (Å²) in [5.74, 6) is 0.632. The van der Waals surface area contributed by atoms with Crippen molar-refractivity contribution in [3.63, 3.8) is 0 Å². The number of halogens is 1. The minimum atomic E-state index is 0. The lowest BCUT2D eigenvalue weighted by atomic mass is 9.89. The molecule has 1 aliphatic heterocycles. The predicted molar refractivity (Wildman–Crippen MR) is 82.6 cm³/mol. The van der Waals surface area contributed by atoms with Crippen molar-refractivity contribution in [1.29, 1.82) is 0 Å². The Morgan fingerprint density at radius 3 is 2.90 bits per heavy atom. The lowest BCUT2D eigenvalue weighted by Crippen LogP contribution is -2.29. The molecule has 4 rings (SSSR count). The number of piperidine rings is 1. The van der Waals surface area contributed by atoms with Crippen molar-refractivity contribution in [2.45, 2.75) is 18.8 Å². The summed E-state index contributed by atoms with van der Waals surface area (Å²) in [6, 6.07) is 4.07. The van der Waals surface area contributed by atoms with Crippen molar-refractivity contribution in [1.82, 2.24) is 14.9 Å². The molecule has 0 aliphatic carbocycles. The molecule has 3 aromatic rings. The average Bonchev–Trinajstić information content (AvgIpc) is 3.04. The van der Waals surface area contributed by atoms with E-state index in [-0.39, 0.29) is 12.4 Å². The molecule has 1 aliphatic rings. The molecule has 0 spiro atoms. The highest BCUT2D eigenvalue weighted by molar-refractivity contribution is 6.04. The van der Waals surface area contributed by atoms with Crippen LogP contribution >= 0.6 is 12.4 Å². The second kappa shape index (κ2) is 5.11. The molecule has 0 bridgehead atoms. The molecule has 2 aromatic heterocycles. The summed E-state index contributed by atoms with van der Waals surface area (Å²) in [5.41, 5.74) is 4.44. The Labute approximate surface area is 123 Å². The molecule has 1 aromatic carbocycles. The SMILES string of the molecule is CN1CCC(c2c[nH]c3ccc4ocnc4c23)CC1.Cl. The van der Waals surface area contributed by atoms with E-state index in [1.54, 1.807) is 0 Å².